The molecule has 0 aromatic rings. The lowest BCUT2D eigenvalue weighted by Gasteiger charge is -2.05. The minimum Gasteiger partial charge on any atom is -0.480 e. The second kappa shape index (κ2) is 16.2. The summed E-state index contributed by atoms with van der Waals surface area (Å²) < 4.78 is 0. The van der Waals surface area contributed by atoms with E-state index in [4.69, 9.17) is 21.7 Å². The lowest BCUT2D eigenvalue weighted by molar-refractivity contribution is -0.139. The molecule has 2 atom stereocenters. The van der Waals surface area contributed by atoms with Crippen molar-refractivity contribution in [1.29, 1.82) is 0 Å². The first-order chi connectivity index (χ1) is 10.4. The van der Waals surface area contributed by atoms with Crippen molar-refractivity contribution in [3.05, 3.63) is 0 Å². The van der Waals surface area contributed by atoms with Crippen LogP contribution >= 0.6 is 0 Å². The van der Waals surface area contributed by atoms with E-state index in [1.165, 1.54) is 25.7 Å². The van der Waals surface area contributed by atoms with Gasteiger partial charge in [-0.15, -0.1) is 0 Å². The molecule has 0 saturated carbocycles. The van der Waals surface area contributed by atoms with Gasteiger partial charge in [0.2, 0.25) is 0 Å². The highest BCUT2D eigenvalue weighted by molar-refractivity contribution is 5.73. The molecule has 0 spiro atoms. The van der Waals surface area contributed by atoms with Crippen LogP contribution in [-0.4, -0.2) is 34.2 Å². The molecule has 0 aromatic heterocycles. The van der Waals surface area contributed by atoms with Crippen molar-refractivity contribution < 1.29 is 19.8 Å². The van der Waals surface area contributed by atoms with Crippen molar-refractivity contribution in [3.8, 4) is 0 Å². The van der Waals surface area contributed by atoms with Crippen molar-refractivity contribution in [2.45, 2.75) is 90.1 Å². The first-order valence-corrected chi connectivity index (χ1v) is 8.33. The van der Waals surface area contributed by atoms with Gasteiger partial charge in [0.25, 0.3) is 0 Å². The maximum Gasteiger partial charge on any atom is 0.320 e. The fourth-order valence-electron chi connectivity index (χ4n) is 1.82. The van der Waals surface area contributed by atoms with Crippen LogP contribution in [0.25, 0.3) is 0 Å². The third-order valence-electron chi connectivity index (χ3n) is 3.37. The molecule has 6 heteroatoms. The first kappa shape index (κ1) is 23.1. The maximum absolute atomic E-state index is 10.3. The van der Waals surface area contributed by atoms with Crippen molar-refractivity contribution in [1.82, 2.24) is 0 Å². The molecule has 0 radical (unpaired) electrons. The Morgan fingerprint density at radius 1 is 0.727 bits per heavy atom. The summed E-state index contributed by atoms with van der Waals surface area (Å²) in [6.45, 7) is 4.19. The van der Waals surface area contributed by atoms with Crippen LogP contribution in [0.3, 0.4) is 0 Å². The van der Waals surface area contributed by atoms with Gasteiger partial charge in [-0.2, -0.15) is 0 Å². The molecule has 0 fully saturated rings. The monoisotopic (exact) mass is 318 g/mol. The Hall–Kier alpha value is -1.14. The molecule has 6 N–H and O–H groups in total. The fraction of sp³-hybridized carbons (Fsp3) is 0.875. The van der Waals surface area contributed by atoms with Crippen molar-refractivity contribution in [2.24, 2.45) is 11.5 Å². The minimum atomic E-state index is -0.900. The van der Waals surface area contributed by atoms with Gasteiger partial charge < -0.3 is 21.7 Å². The summed E-state index contributed by atoms with van der Waals surface area (Å²) in [5.41, 5.74) is 10.6. The Morgan fingerprint density at radius 3 is 1.50 bits per heavy atom. The lowest BCUT2D eigenvalue weighted by Crippen LogP contribution is -2.29. The zero-order valence-corrected chi connectivity index (χ0v) is 14.1. The van der Waals surface area contributed by atoms with Crippen LogP contribution < -0.4 is 11.5 Å². The van der Waals surface area contributed by atoms with E-state index in [2.05, 4.69) is 6.92 Å². The van der Waals surface area contributed by atoms with Crippen molar-refractivity contribution >= 4 is 11.9 Å². The van der Waals surface area contributed by atoms with Gasteiger partial charge in [-0.05, 0) is 12.8 Å². The third-order valence-corrected chi connectivity index (χ3v) is 3.37. The van der Waals surface area contributed by atoms with Crippen LogP contribution in [0.4, 0.5) is 0 Å². The van der Waals surface area contributed by atoms with E-state index in [0.717, 1.165) is 25.7 Å². The smallest absolute Gasteiger partial charge is 0.320 e. The third kappa shape index (κ3) is 16.9. The zero-order valence-electron chi connectivity index (χ0n) is 14.1. The maximum atomic E-state index is 10.3. The molecule has 22 heavy (non-hydrogen) atoms. The zero-order chi connectivity index (χ0) is 17.4. The fourth-order valence-corrected chi connectivity index (χ4v) is 1.82. The molecular formula is C16H34N2O4. The summed E-state index contributed by atoms with van der Waals surface area (Å²) in [6, 6.07) is -1.32. The molecule has 6 nitrogen and oxygen atoms in total. The number of aliphatic carboxylic acids is 2. The number of hydrogen-bond donors (Lipinski definition) is 4. The van der Waals surface area contributed by atoms with Crippen LogP contribution in [0.15, 0.2) is 0 Å². The normalized spacial score (nSPS) is 12.9. The van der Waals surface area contributed by atoms with Crippen LogP contribution in [-0.2, 0) is 9.59 Å². The van der Waals surface area contributed by atoms with E-state index in [0.29, 0.717) is 12.8 Å². The highest BCUT2D eigenvalue weighted by atomic mass is 16.4. The van der Waals surface area contributed by atoms with Crippen molar-refractivity contribution in [2.75, 3.05) is 0 Å². The van der Waals surface area contributed by atoms with Crippen molar-refractivity contribution in [3.63, 3.8) is 0 Å². The summed E-state index contributed by atoms with van der Waals surface area (Å²) in [6.07, 6.45) is 10.2. The molecule has 0 bridgehead atoms. The molecule has 0 rings (SSSR count). The molecule has 0 heterocycles. The summed E-state index contributed by atoms with van der Waals surface area (Å²) in [5, 5.41) is 16.8. The summed E-state index contributed by atoms with van der Waals surface area (Å²) >= 11 is 0. The molecule has 0 amide bonds. The second-order valence-electron chi connectivity index (χ2n) is 5.59. The van der Waals surface area contributed by atoms with E-state index in [9.17, 15) is 9.59 Å². The Bertz CT molecular complexity index is 285. The molecule has 0 aromatic carbocycles. The largest absolute Gasteiger partial charge is 0.480 e. The molecule has 0 saturated heterocycles. The van der Waals surface area contributed by atoms with Gasteiger partial charge in [0.1, 0.15) is 12.1 Å². The van der Waals surface area contributed by atoms with Gasteiger partial charge in [-0.25, -0.2) is 0 Å². The average molecular weight is 318 g/mol. The minimum absolute atomic E-state index is 0.589. The van der Waals surface area contributed by atoms with E-state index in [1.54, 1.807) is 0 Å². The van der Waals surface area contributed by atoms with Gasteiger partial charge in [-0.1, -0.05) is 65.2 Å². The van der Waals surface area contributed by atoms with Crippen LogP contribution in [0.5, 0.6) is 0 Å². The molecule has 0 aliphatic rings. The standard InChI is InChI=1S/C10H21NO2.C6H13NO2/c1-2-3-4-5-6-7-8-9(11)10(12)13;1-2-3-4-5(7)6(8)9/h9H,2-8,11H2,1H3,(H,12,13);5H,2-4,7H2,1H3,(H,8,9). The topological polar surface area (TPSA) is 127 Å². The highest BCUT2D eigenvalue weighted by Crippen LogP contribution is 2.07. The first-order valence-electron chi connectivity index (χ1n) is 8.33. The summed E-state index contributed by atoms with van der Waals surface area (Å²) in [4.78, 5) is 20.4. The Morgan fingerprint density at radius 2 is 1.09 bits per heavy atom. The number of carboxylic acids is 2. The van der Waals surface area contributed by atoms with E-state index in [-0.39, 0.29) is 0 Å². The number of carbonyl (C=O) groups is 2. The average Bonchev–Trinajstić information content (AvgIpc) is 2.48. The second-order valence-corrected chi connectivity index (χ2v) is 5.59. The number of hydrogen-bond acceptors (Lipinski definition) is 4. The number of carboxylic acid groups (broad SMARTS) is 2. The van der Waals surface area contributed by atoms with Crippen LogP contribution in [0.1, 0.15) is 78.1 Å². The van der Waals surface area contributed by atoms with Gasteiger partial charge >= 0.3 is 11.9 Å². The SMILES string of the molecule is CCCCC(N)C(=O)O.CCCCCCCCC(N)C(=O)O. The predicted octanol–water partition coefficient (Wildman–Crippen LogP) is 2.74. The number of rotatable bonds is 12. The van der Waals surface area contributed by atoms with E-state index >= 15 is 0 Å². The Labute approximate surface area is 134 Å². The van der Waals surface area contributed by atoms with Gasteiger partial charge in [0.05, 0.1) is 0 Å². The Balaban J connectivity index is 0. The number of nitrogens with two attached hydrogens (primary N) is 2. The predicted molar refractivity (Wildman–Crippen MR) is 88.7 cm³/mol. The number of unbranched alkanes of at least 4 members (excludes halogenated alkanes) is 6. The highest BCUT2D eigenvalue weighted by Gasteiger charge is 2.09. The van der Waals surface area contributed by atoms with E-state index < -0.39 is 24.0 Å². The molecule has 132 valence electrons. The quantitative estimate of drug-likeness (QED) is 0.410. The molecular weight excluding hydrogens is 284 g/mol. The molecule has 0 aliphatic carbocycles. The summed E-state index contributed by atoms with van der Waals surface area (Å²) in [5.74, 6) is -1.78. The van der Waals surface area contributed by atoms with Gasteiger partial charge in [0.15, 0.2) is 0 Å². The molecule has 2 unspecified atom stereocenters. The van der Waals surface area contributed by atoms with Crippen LogP contribution in [0, 0.1) is 0 Å². The molecule has 0 aliphatic heterocycles. The Kier molecular flexibility index (Phi) is 17.1. The summed E-state index contributed by atoms with van der Waals surface area (Å²) in [7, 11) is 0. The van der Waals surface area contributed by atoms with E-state index in [1.807, 2.05) is 6.92 Å². The van der Waals surface area contributed by atoms with Gasteiger partial charge in [-0.3, -0.25) is 9.59 Å². The lowest BCUT2D eigenvalue weighted by atomic mass is 10.1. The van der Waals surface area contributed by atoms with Crippen LogP contribution in [0.2, 0.25) is 0 Å². The van der Waals surface area contributed by atoms with Gasteiger partial charge in [0, 0.05) is 0 Å².